The number of methoxy groups -OCH3 is 1. The van der Waals surface area contributed by atoms with Crippen LogP contribution in [0, 0.1) is 0 Å². The van der Waals surface area contributed by atoms with E-state index in [1.807, 2.05) is 7.11 Å². The lowest BCUT2D eigenvalue weighted by atomic mass is 9.83. The van der Waals surface area contributed by atoms with Gasteiger partial charge in [-0.05, 0) is 37.2 Å². The van der Waals surface area contributed by atoms with Gasteiger partial charge in [-0.15, -0.1) is 0 Å². The molecule has 0 spiro atoms. The van der Waals surface area contributed by atoms with Gasteiger partial charge in [0.2, 0.25) is 0 Å². The van der Waals surface area contributed by atoms with Crippen molar-refractivity contribution in [3.05, 3.63) is 35.9 Å². The Balaban J connectivity index is 0.000000357. The molecule has 0 unspecified atom stereocenters. The first-order valence-corrected chi connectivity index (χ1v) is 6.19. The van der Waals surface area contributed by atoms with Crippen LogP contribution in [0.1, 0.15) is 37.2 Å². The molecule has 0 atom stereocenters. The van der Waals surface area contributed by atoms with Gasteiger partial charge >= 0.3 is 6.09 Å². The van der Waals surface area contributed by atoms with Crippen molar-refractivity contribution in [1.82, 2.24) is 0 Å². The van der Waals surface area contributed by atoms with Crippen molar-refractivity contribution in [3.8, 4) is 0 Å². The van der Waals surface area contributed by atoms with Crippen molar-refractivity contribution in [2.45, 2.75) is 37.7 Å². The zero-order valence-electron chi connectivity index (χ0n) is 10.7. The van der Waals surface area contributed by atoms with Gasteiger partial charge in [-0.25, -0.2) is 4.79 Å². The molecule has 0 radical (unpaired) electrons. The first-order valence-electron chi connectivity index (χ1n) is 6.19. The number of hydrogen-bond donors (Lipinski definition) is 2. The van der Waals surface area contributed by atoms with Crippen molar-refractivity contribution < 1.29 is 14.6 Å². The molecule has 1 aromatic rings. The third kappa shape index (κ3) is 5.19. The van der Waals surface area contributed by atoms with Gasteiger partial charge in [0.25, 0.3) is 0 Å². The number of carboxylic acid groups (broad SMARTS) is 1. The Labute approximate surface area is 108 Å². The van der Waals surface area contributed by atoms with Crippen molar-refractivity contribution in [2.24, 2.45) is 5.73 Å². The summed E-state index contributed by atoms with van der Waals surface area (Å²) in [5, 5.41) is 7.19. The van der Waals surface area contributed by atoms with Gasteiger partial charge in [-0.2, -0.15) is 0 Å². The molecule has 3 N–H and O–H groups in total. The van der Waals surface area contributed by atoms with E-state index in [0.29, 0.717) is 6.10 Å². The Morgan fingerprint density at radius 1 is 1.22 bits per heavy atom. The summed E-state index contributed by atoms with van der Waals surface area (Å²) in [6, 6.07) is 10.9. The van der Waals surface area contributed by atoms with Gasteiger partial charge < -0.3 is 15.6 Å². The van der Waals surface area contributed by atoms with E-state index in [1.165, 1.54) is 31.2 Å². The van der Waals surface area contributed by atoms with Crippen LogP contribution in [0.4, 0.5) is 4.79 Å². The largest absolute Gasteiger partial charge is 0.465 e. The van der Waals surface area contributed by atoms with Crippen LogP contribution in [-0.2, 0) is 4.74 Å². The van der Waals surface area contributed by atoms with Gasteiger partial charge in [-0.1, -0.05) is 30.3 Å². The molecule has 1 fully saturated rings. The van der Waals surface area contributed by atoms with Crippen molar-refractivity contribution >= 4 is 6.09 Å². The average Bonchev–Trinajstić information content (AvgIpc) is 2.39. The fourth-order valence-corrected chi connectivity index (χ4v) is 2.36. The third-order valence-electron chi connectivity index (χ3n) is 3.28. The smallest absolute Gasteiger partial charge is 0.402 e. The molecule has 1 aliphatic carbocycles. The topological polar surface area (TPSA) is 72.5 Å². The Morgan fingerprint density at radius 2 is 1.72 bits per heavy atom. The molecule has 4 heteroatoms. The molecule has 1 aromatic carbocycles. The predicted octanol–water partition coefficient (Wildman–Crippen LogP) is 2.98. The zero-order valence-corrected chi connectivity index (χ0v) is 10.7. The number of carbonyl (C=O) groups is 1. The number of amides is 1. The minimum absolute atomic E-state index is 0.509. The molecule has 18 heavy (non-hydrogen) atoms. The van der Waals surface area contributed by atoms with Crippen molar-refractivity contribution in [2.75, 3.05) is 7.11 Å². The average molecular weight is 251 g/mol. The highest BCUT2D eigenvalue weighted by Gasteiger charge is 2.21. The van der Waals surface area contributed by atoms with E-state index in [9.17, 15) is 0 Å². The SMILES string of the molecule is CO[C@H]1CC[C@H](c2ccccc2)CC1.NC(=O)O. The number of ether oxygens (including phenoxy) is 1. The fraction of sp³-hybridized carbons (Fsp3) is 0.500. The highest BCUT2D eigenvalue weighted by molar-refractivity contribution is 5.61. The van der Waals surface area contributed by atoms with Crippen LogP contribution in [0.15, 0.2) is 30.3 Å². The maximum atomic E-state index is 8.78. The van der Waals surface area contributed by atoms with Gasteiger partial charge in [0.15, 0.2) is 0 Å². The maximum absolute atomic E-state index is 8.78. The molecule has 1 aliphatic rings. The molecule has 4 nitrogen and oxygen atoms in total. The number of primary amides is 1. The number of rotatable bonds is 2. The van der Waals surface area contributed by atoms with Gasteiger partial charge in [0, 0.05) is 7.11 Å². The molecule has 0 bridgehead atoms. The lowest BCUT2D eigenvalue weighted by Gasteiger charge is -2.27. The molecule has 0 aromatic heterocycles. The van der Waals surface area contributed by atoms with Crippen molar-refractivity contribution in [1.29, 1.82) is 0 Å². The summed E-state index contributed by atoms with van der Waals surface area (Å²) in [7, 11) is 1.83. The summed E-state index contributed by atoms with van der Waals surface area (Å²) in [6.07, 6.45) is 4.17. The van der Waals surface area contributed by atoms with Crippen LogP contribution in [0.3, 0.4) is 0 Å². The first-order chi connectivity index (χ1) is 8.63. The molecule has 0 heterocycles. The summed E-state index contributed by atoms with van der Waals surface area (Å²) in [5.41, 5.74) is 5.53. The molecule has 2 rings (SSSR count). The minimum Gasteiger partial charge on any atom is -0.465 e. The summed E-state index contributed by atoms with van der Waals surface area (Å²) >= 11 is 0. The molecule has 0 aliphatic heterocycles. The highest BCUT2D eigenvalue weighted by Crippen LogP contribution is 2.33. The van der Waals surface area contributed by atoms with Crippen LogP contribution in [-0.4, -0.2) is 24.4 Å². The summed E-state index contributed by atoms with van der Waals surface area (Å²) in [4.78, 5) is 8.78. The lowest BCUT2D eigenvalue weighted by molar-refractivity contribution is 0.0659. The van der Waals surface area contributed by atoms with Crippen LogP contribution in [0.2, 0.25) is 0 Å². The highest BCUT2D eigenvalue weighted by atomic mass is 16.5. The second kappa shape index (κ2) is 7.71. The standard InChI is InChI=1S/C13H18O.CH3NO2/c1-14-13-9-7-12(8-10-13)11-5-3-2-4-6-11;2-1(3)4/h2-6,12-13H,7-10H2,1H3;2H2,(H,3,4)/t12-,13-;. The summed E-state index contributed by atoms with van der Waals surface area (Å²) < 4.78 is 5.38. The predicted molar refractivity (Wildman–Crippen MR) is 70.7 cm³/mol. The number of nitrogens with two attached hydrogens (primary N) is 1. The van der Waals surface area contributed by atoms with E-state index in [1.54, 1.807) is 0 Å². The van der Waals surface area contributed by atoms with Gasteiger partial charge in [0.05, 0.1) is 6.10 Å². The molecular formula is C14H21NO3. The van der Waals surface area contributed by atoms with Crippen LogP contribution in [0.5, 0.6) is 0 Å². The van der Waals surface area contributed by atoms with E-state index in [-0.39, 0.29) is 0 Å². The zero-order chi connectivity index (χ0) is 13.4. The van der Waals surface area contributed by atoms with Crippen LogP contribution >= 0.6 is 0 Å². The normalized spacial score (nSPS) is 22.7. The third-order valence-corrected chi connectivity index (χ3v) is 3.28. The quantitative estimate of drug-likeness (QED) is 0.848. The number of hydrogen-bond acceptors (Lipinski definition) is 2. The van der Waals surface area contributed by atoms with Crippen molar-refractivity contribution in [3.63, 3.8) is 0 Å². The second-order valence-electron chi connectivity index (χ2n) is 4.46. The molecule has 1 amide bonds. The van der Waals surface area contributed by atoms with Crippen LogP contribution < -0.4 is 5.73 Å². The Morgan fingerprint density at radius 3 is 2.17 bits per heavy atom. The van der Waals surface area contributed by atoms with Crippen LogP contribution in [0.25, 0.3) is 0 Å². The fourth-order valence-electron chi connectivity index (χ4n) is 2.36. The molecule has 100 valence electrons. The van der Waals surface area contributed by atoms with E-state index >= 15 is 0 Å². The summed E-state index contributed by atoms with van der Waals surface area (Å²) in [5.74, 6) is 0.766. The van der Waals surface area contributed by atoms with E-state index in [4.69, 9.17) is 14.6 Å². The lowest BCUT2D eigenvalue weighted by Crippen LogP contribution is -2.19. The van der Waals surface area contributed by atoms with Gasteiger partial charge in [-0.3, -0.25) is 0 Å². The Kier molecular flexibility index (Phi) is 6.22. The number of benzene rings is 1. The molecule has 0 saturated heterocycles. The minimum atomic E-state index is -1.33. The van der Waals surface area contributed by atoms with E-state index < -0.39 is 6.09 Å². The second-order valence-corrected chi connectivity index (χ2v) is 4.46. The monoisotopic (exact) mass is 251 g/mol. The first kappa shape index (κ1) is 14.5. The maximum Gasteiger partial charge on any atom is 0.402 e. The molecule has 1 saturated carbocycles. The summed E-state index contributed by atoms with van der Waals surface area (Å²) in [6.45, 7) is 0. The molecular weight excluding hydrogens is 230 g/mol. The van der Waals surface area contributed by atoms with E-state index in [0.717, 1.165) is 5.92 Å². The van der Waals surface area contributed by atoms with E-state index in [2.05, 4.69) is 36.1 Å². The Hall–Kier alpha value is -1.55. The van der Waals surface area contributed by atoms with Gasteiger partial charge in [0.1, 0.15) is 0 Å². The Bertz CT molecular complexity index is 341.